The summed E-state index contributed by atoms with van der Waals surface area (Å²) in [5, 5.41) is 15.3. The Hall–Kier alpha value is -3.59. The molecule has 0 radical (unpaired) electrons. The molecule has 2 aromatic carbocycles. The lowest BCUT2D eigenvalue weighted by molar-refractivity contribution is -0.120. The molecule has 0 aliphatic rings. The van der Waals surface area contributed by atoms with Crippen LogP contribution in [0.25, 0.3) is 0 Å². The van der Waals surface area contributed by atoms with Crippen LogP contribution in [-0.4, -0.2) is 42.3 Å². The molecule has 0 aliphatic heterocycles. The molecule has 30 heavy (non-hydrogen) atoms. The van der Waals surface area contributed by atoms with Gasteiger partial charge in [0.25, 0.3) is 5.91 Å². The zero-order valence-electron chi connectivity index (χ0n) is 16.9. The molecule has 0 atom stereocenters. The molecular weight excluding hydrogens is 400 g/mol. The standard InChI is InChI=1S/C21H22N6O2S/c1-14-4-8-16(9-5-14)20(29)23-21-26-25-19(30-21)12-18(28)24-22-13-15-6-10-17(11-7-15)27(2)3/h4-11,13H,12H2,1-3H3,(H,24,28)(H,23,26,29). The number of hydrogen-bond donors (Lipinski definition) is 2. The molecule has 2 N–H and O–H groups in total. The van der Waals surface area contributed by atoms with Gasteiger partial charge in [0, 0.05) is 25.3 Å². The van der Waals surface area contributed by atoms with E-state index in [1.54, 1.807) is 18.3 Å². The van der Waals surface area contributed by atoms with Crippen LogP contribution in [0.3, 0.4) is 0 Å². The quantitative estimate of drug-likeness (QED) is 0.451. The third kappa shape index (κ3) is 5.95. The number of nitrogens with zero attached hydrogens (tertiary/aromatic N) is 4. The van der Waals surface area contributed by atoms with Gasteiger partial charge in [0.05, 0.1) is 12.6 Å². The number of aromatic nitrogens is 2. The van der Waals surface area contributed by atoms with Crippen molar-refractivity contribution in [3.05, 3.63) is 70.2 Å². The first-order valence-corrected chi connectivity index (χ1v) is 10.0. The lowest BCUT2D eigenvalue weighted by Crippen LogP contribution is -2.19. The Morgan fingerprint density at radius 1 is 1.07 bits per heavy atom. The third-order valence-electron chi connectivity index (χ3n) is 4.13. The molecule has 0 unspecified atom stereocenters. The summed E-state index contributed by atoms with van der Waals surface area (Å²) >= 11 is 1.15. The van der Waals surface area contributed by atoms with E-state index in [1.165, 1.54) is 0 Å². The summed E-state index contributed by atoms with van der Waals surface area (Å²) in [6.45, 7) is 1.95. The van der Waals surface area contributed by atoms with Gasteiger partial charge in [0.15, 0.2) is 0 Å². The van der Waals surface area contributed by atoms with Gasteiger partial charge < -0.3 is 4.90 Å². The molecule has 0 fully saturated rings. The maximum Gasteiger partial charge on any atom is 0.257 e. The highest BCUT2D eigenvalue weighted by atomic mass is 32.1. The van der Waals surface area contributed by atoms with E-state index in [0.29, 0.717) is 15.7 Å². The average Bonchev–Trinajstić information content (AvgIpc) is 3.15. The number of hydrazone groups is 1. The number of rotatable bonds is 7. The summed E-state index contributed by atoms with van der Waals surface area (Å²) in [5.41, 5.74) is 6.03. The Morgan fingerprint density at radius 2 is 1.77 bits per heavy atom. The van der Waals surface area contributed by atoms with Gasteiger partial charge in [0.1, 0.15) is 5.01 Å². The number of aryl methyl sites for hydroxylation is 1. The van der Waals surface area contributed by atoms with Gasteiger partial charge in [-0.05, 0) is 36.8 Å². The highest BCUT2D eigenvalue weighted by Gasteiger charge is 2.12. The highest BCUT2D eigenvalue weighted by molar-refractivity contribution is 7.15. The van der Waals surface area contributed by atoms with Crippen molar-refractivity contribution in [2.75, 3.05) is 24.3 Å². The van der Waals surface area contributed by atoms with Crippen LogP contribution in [0.4, 0.5) is 10.8 Å². The Labute approximate surface area is 178 Å². The molecular formula is C21H22N6O2S. The van der Waals surface area contributed by atoms with E-state index in [9.17, 15) is 9.59 Å². The fourth-order valence-electron chi connectivity index (χ4n) is 2.46. The monoisotopic (exact) mass is 422 g/mol. The minimum absolute atomic E-state index is 0.0228. The predicted octanol–water partition coefficient (Wildman–Crippen LogP) is 2.86. The summed E-state index contributed by atoms with van der Waals surface area (Å²) < 4.78 is 0. The van der Waals surface area contributed by atoms with Gasteiger partial charge in [-0.2, -0.15) is 5.10 Å². The number of carbonyl (C=O) groups excluding carboxylic acids is 2. The van der Waals surface area contributed by atoms with Crippen LogP contribution in [0.1, 0.15) is 26.5 Å². The number of nitrogens with one attached hydrogen (secondary N) is 2. The molecule has 3 rings (SSSR count). The molecule has 1 aromatic heterocycles. The molecule has 2 amide bonds. The van der Waals surface area contributed by atoms with Crippen LogP contribution in [0.15, 0.2) is 53.6 Å². The minimum Gasteiger partial charge on any atom is -0.378 e. The van der Waals surface area contributed by atoms with Crippen LogP contribution in [-0.2, 0) is 11.2 Å². The first-order valence-electron chi connectivity index (χ1n) is 9.20. The van der Waals surface area contributed by atoms with E-state index in [4.69, 9.17) is 0 Å². The third-order valence-corrected chi connectivity index (χ3v) is 4.96. The van der Waals surface area contributed by atoms with Gasteiger partial charge in [-0.3, -0.25) is 14.9 Å². The number of anilines is 2. The Morgan fingerprint density at radius 3 is 2.43 bits per heavy atom. The molecule has 0 aliphatic carbocycles. The van der Waals surface area contributed by atoms with Crippen molar-refractivity contribution in [3.63, 3.8) is 0 Å². The van der Waals surface area contributed by atoms with Crippen molar-refractivity contribution in [1.82, 2.24) is 15.6 Å². The second-order valence-electron chi connectivity index (χ2n) is 6.78. The van der Waals surface area contributed by atoms with Gasteiger partial charge in [-0.25, -0.2) is 5.43 Å². The SMILES string of the molecule is Cc1ccc(C(=O)Nc2nnc(CC(=O)NN=Cc3ccc(N(C)C)cc3)s2)cc1. The molecule has 154 valence electrons. The van der Waals surface area contributed by atoms with Crippen LogP contribution in [0, 0.1) is 6.92 Å². The first-order chi connectivity index (χ1) is 14.4. The van der Waals surface area contributed by atoms with Crippen LogP contribution >= 0.6 is 11.3 Å². The van der Waals surface area contributed by atoms with Crippen molar-refractivity contribution >= 4 is 40.2 Å². The lowest BCUT2D eigenvalue weighted by Gasteiger charge is -2.11. The van der Waals surface area contributed by atoms with E-state index in [1.807, 2.05) is 62.3 Å². The van der Waals surface area contributed by atoms with Crippen LogP contribution in [0.5, 0.6) is 0 Å². The first kappa shape index (κ1) is 21.1. The van der Waals surface area contributed by atoms with Crippen molar-refractivity contribution in [2.45, 2.75) is 13.3 Å². The van der Waals surface area contributed by atoms with E-state index in [2.05, 4.69) is 26.0 Å². The van der Waals surface area contributed by atoms with Crippen molar-refractivity contribution in [3.8, 4) is 0 Å². The number of benzene rings is 2. The Kier molecular flexibility index (Phi) is 6.87. The van der Waals surface area contributed by atoms with E-state index < -0.39 is 0 Å². The summed E-state index contributed by atoms with van der Waals surface area (Å²) in [4.78, 5) is 26.3. The van der Waals surface area contributed by atoms with E-state index in [-0.39, 0.29) is 18.2 Å². The minimum atomic E-state index is -0.316. The topological polar surface area (TPSA) is 99.6 Å². The zero-order valence-corrected chi connectivity index (χ0v) is 17.7. The maximum absolute atomic E-state index is 12.2. The Bertz CT molecular complexity index is 1040. The van der Waals surface area contributed by atoms with Gasteiger partial charge in [-0.1, -0.05) is 41.2 Å². The fourth-order valence-corrected chi connectivity index (χ4v) is 3.20. The average molecular weight is 423 g/mol. The molecule has 0 saturated carbocycles. The fraction of sp³-hybridized carbons (Fsp3) is 0.190. The molecule has 3 aromatic rings. The number of carbonyl (C=O) groups is 2. The number of amides is 2. The largest absolute Gasteiger partial charge is 0.378 e. The molecule has 8 nitrogen and oxygen atoms in total. The van der Waals surface area contributed by atoms with Crippen molar-refractivity contribution < 1.29 is 9.59 Å². The van der Waals surface area contributed by atoms with Crippen LogP contribution in [0.2, 0.25) is 0 Å². The smallest absolute Gasteiger partial charge is 0.257 e. The summed E-state index contributed by atoms with van der Waals surface area (Å²) in [6, 6.07) is 15.0. The Balaban J connectivity index is 1.49. The second kappa shape index (κ2) is 9.75. The van der Waals surface area contributed by atoms with E-state index in [0.717, 1.165) is 28.2 Å². The molecule has 0 saturated heterocycles. The summed E-state index contributed by atoms with van der Waals surface area (Å²) in [5.74, 6) is -0.587. The summed E-state index contributed by atoms with van der Waals surface area (Å²) in [6.07, 6.45) is 1.60. The lowest BCUT2D eigenvalue weighted by atomic mass is 10.1. The van der Waals surface area contributed by atoms with E-state index >= 15 is 0 Å². The zero-order chi connectivity index (χ0) is 21.5. The normalized spacial score (nSPS) is 10.8. The van der Waals surface area contributed by atoms with Crippen molar-refractivity contribution in [1.29, 1.82) is 0 Å². The number of hydrogen-bond acceptors (Lipinski definition) is 7. The molecule has 0 bridgehead atoms. The maximum atomic E-state index is 12.2. The van der Waals surface area contributed by atoms with Crippen LogP contribution < -0.4 is 15.6 Å². The second-order valence-corrected chi connectivity index (χ2v) is 7.84. The predicted molar refractivity (Wildman–Crippen MR) is 119 cm³/mol. The van der Waals surface area contributed by atoms with Gasteiger partial charge >= 0.3 is 0 Å². The van der Waals surface area contributed by atoms with Gasteiger partial charge in [0.2, 0.25) is 11.0 Å². The van der Waals surface area contributed by atoms with Crippen molar-refractivity contribution in [2.24, 2.45) is 5.10 Å². The molecule has 1 heterocycles. The summed E-state index contributed by atoms with van der Waals surface area (Å²) in [7, 11) is 3.94. The highest BCUT2D eigenvalue weighted by Crippen LogP contribution is 2.17. The molecule has 9 heteroatoms. The molecule has 0 spiro atoms. The van der Waals surface area contributed by atoms with Gasteiger partial charge in [-0.15, -0.1) is 10.2 Å².